The quantitative estimate of drug-likeness (QED) is 0.730. The molecule has 15 heavy (non-hydrogen) atoms. The van der Waals surface area contributed by atoms with E-state index in [1.807, 2.05) is 6.92 Å². The van der Waals surface area contributed by atoms with Crippen LogP contribution >= 0.6 is 0 Å². The molecule has 0 radical (unpaired) electrons. The number of aryl methyl sites for hydroxylation is 1. The van der Waals surface area contributed by atoms with Crippen LogP contribution in [0.1, 0.15) is 30.4 Å². The van der Waals surface area contributed by atoms with Crippen molar-refractivity contribution in [1.82, 2.24) is 9.55 Å². The van der Waals surface area contributed by atoms with Gasteiger partial charge in [-0.25, -0.2) is 4.98 Å². The highest BCUT2D eigenvalue weighted by Gasteiger charge is 2.33. The lowest BCUT2D eigenvalue weighted by Gasteiger charge is -2.07. The second-order valence-electron chi connectivity index (χ2n) is 3.16. The normalized spacial score (nSPS) is 11.7. The molecule has 0 atom stereocenters. The maximum atomic E-state index is 12.0. The molecule has 1 heterocycles. The molecule has 6 heteroatoms. The van der Waals surface area contributed by atoms with Gasteiger partial charge in [0.05, 0.1) is 0 Å². The highest BCUT2D eigenvalue weighted by atomic mass is 19.4. The van der Waals surface area contributed by atoms with Gasteiger partial charge < -0.3 is 4.57 Å². The van der Waals surface area contributed by atoms with Crippen LogP contribution in [-0.2, 0) is 6.54 Å². The topological polar surface area (TPSA) is 34.9 Å². The Morgan fingerprint density at radius 3 is 2.73 bits per heavy atom. The van der Waals surface area contributed by atoms with Gasteiger partial charge in [0.25, 0.3) is 0 Å². The number of hydrogen-bond acceptors (Lipinski definition) is 2. The molecular weight excluding hydrogens is 209 g/mol. The molecule has 1 aromatic heterocycles. The summed E-state index contributed by atoms with van der Waals surface area (Å²) < 4.78 is 37.3. The second-order valence-corrected chi connectivity index (χ2v) is 3.16. The summed E-state index contributed by atoms with van der Waals surface area (Å²) >= 11 is 0. The Kier molecular flexibility index (Phi) is 3.49. The van der Waals surface area contributed by atoms with Gasteiger partial charge in [-0.1, -0.05) is 6.92 Å². The molecule has 0 aliphatic carbocycles. The third kappa shape index (κ3) is 3.38. The number of halogens is 3. The minimum absolute atomic E-state index is 0.117. The van der Waals surface area contributed by atoms with Gasteiger partial charge in [-0.05, 0) is 6.42 Å². The van der Waals surface area contributed by atoms with Gasteiger partial charge in [-0.2, -0.15) is 13.2 Å². The van der Waals surface area contributed by atoms with Gasteiger partial charge in [-0.3, -0.25) is 4.79 Å². The van der Waals surface area contributed by atoms with Crippen molar-refractivity contribution in [3.63, 3.8) is 0 Å². The summed E-state index contributed by atoms with van der Waals surface area (Å²) in [5, 5.41) is 0. The van der Waals surface area contributed by atoms with Gasteiger partial charge in [0.15, 0.2) is 5.82 Å². The van der Waals surface area contributed by atoms with Crippen molar-refractivity contribution in [2.24, 2.45) is 0 Å². The van der Waals surface area contributed by atoms with E-state index < -0.39 is 18.4 Å². The zero-order valence-corrected chi connectivity index (χ0v) is 8.21. The molecule has 0 aromatic carbocycles. The third-order valence-electron chi connectivity index (χ3n) is 1.79. The number of rotatable bonds is 4. The summed E-state index contributed by atoms with van der Waals surface area (Å²) in [6.45, 7) is 2.37. The molecule has 0 amide bonds. The van der Waals surface area contributed by atoms with E-state index in [0.717, 1.165) is 6.42 Å². The maximum Gasteiger partial charge on any atom is 0.396 e. The first-order chi connectivity index (χ1) is 6.94. The average Bonchev–Trinajstić information content (AvgIpc) is 2.49. The predicted octanol–water partition coefficient (Wildman–Crippen LogP) is 2.43. The van der Waals surface area contributed by atoms with E-state index in [0.29, 0.717) is 6.54 Å². The Morgan fingerprint density at radius 2 is 2.20 bits per heavy atom. The third-order valence-corrected chi connectivity index (χ3v) is 1.79. The molecule has 0 unspecified atom stereocenters. The fourth-order valence-electron chi connectivity index (χ4n) is 1.24. The number of imidazole rings is 1. The molecule has 0 fully saturated rings. The highest BCUT2D eigenvalue weighted by molar-refractivity contribution is 5.93. The van der Waals surface area contributed by atoms with Gasteiger partial charge in [0, 0.05) is 18.9 Å². The standard InChI is InChI=1S/C9H11F3N2O/c1-2-4-14-5-3-13-8(14)7(15)6-9(10,11)12/h3,5H,2,4,6H2,1H3. The minimum atomic E-state index is -4.47. The molecule has 0 aliphatic rings. The lowest BCUT2D eigenvalue weighted by Crippen LogP contribution is -2.18. The molecule has 0 spiro atoms. The van der Waals surface area contributed by atoms with Crippen LogP contribution in [0.4, 0.5) is 13.2 Å². The highest BCUT2D eigenvalue weighted by Crippen LogP contribution is 2.21. The molecule has 0 aliphatic heterocycles. The van der Waals surface area contributed by atoms with E-state index in [1.54, 1.807) is 0 Å². The summed E-state index contributed by atoms with van der Waals surface area (Å²) in [7, 11) is 0. The summed E-state index contributed by atoms with van der Waals surface area (Å²) in [4.78, 5) is 14.8. The van der Waals surface area contributed by atoms with Crippen LogP contribution in [0.3, 0.4) is 0 Å². The smallest absolute Gasteiger partial charge is 0.329 e. The van der Waals surface area contributed by atoms with E-state index in [9.17, 15) is 18.0 Å². The molecule has 0 saturated heterocycles. The summed E-state index contributed by atoms with van der Waals surface area (Å²) in [6, 6.07) is 0. The van der Waals surface area contributed by atoms with Crippen molar-refractivity contribution in [3.05, 3.63) is 18.2 Å². The Hall–Kier alpha value is -1.33. The number of hydrogen-bond donors (Lipinski definition) is 0. The lowest BCUT2D eigenvalue weighted by atomic mass is 10.2. The van der Waals surface area contributed by atoms with Crippen molar-refractivity contribution in [1.29, 1.82) is 0 Å². The second kappa shape index (κ2) is 4.46. The Balaban J connectivity index is 2.77. The first-order valence-electron chi connectivity index (χ1n) is 4.55. The molecule has 0 bridgehead atoms. The molecule has 1 aromatic rings. The number of aromatic nitrogens is 2. The van der Waals surface area contributed by atoms with Gasteiger partial charge in [-0.15, -0.1) is 0 Å². The Bertz CT molecular complexity index is 343. The van der Waals surface area contributed by atoms with Crippen molar-refractivity contribution >= 4 is 5.78 Å². The van der Waals surface area contributed by atoms with Crippen molar-refractivity contribution in [2.45, 2.75) is 32.5 Å². The first-order valence-corrected chi connectivity index (χ1v) is 4.55. The monoisotopic (exact) mass is 220 g/mol. The van der Waals surface area contributed by atoms with Crippen molar-refractivity contribution in [2.75, 3.05) is 0 Å². The Morgan fingerprint density at radius 1 is 1.53 bits per heavy atom. The van der Waals surface area contributed by atoms with E-state index >= 15 is 0 Å². The summed E-state index contributed by atoms with van der Waals surface area (Å²) in [5.41, 5.74) is 0. The predicted molar refractivity (Wildman–Crippen MR) is 47.5 cm³/mol. The molecule has 84 valence electrons. The average molecular weight is 220 g/mol. The first kappa shape index (κ1) is 11.7. The fourth-order valence-corrected chi connectivity index (χ4v) is 1.24. The van der Waals surface area contributed by atoms with Crippen LogP contribution in [0.5, 0.6) is 0 Å². The molecular formula is C9H11F3N2O. The Labute approximate surface area is 84.9 Å². The number of ketones is 1. The van der Waals surface area contributed by atoms with Crippen LogP contribution in [0, 0.1) is 0 Å². The van der Waals surface area contributed by atoms with Crippen molar-refractivity contribution < 1.29 is 18.0 Å². The van der Waals surface area contributed by atoms with Crippen molar-refractivity contribution in [3.8, 4) is 0 Å². The fraction of sp³-hybridized carbons (Fsp3) is 0.556. The van der Waals surface area contributed by atoms with Crippen LogP contribution in [-0.4, -0.2) is 21.5 Å². The van der Waals surface area contributed by atoms with Gasteiger partial charge in [0.1, 0.15) is 6.42 Å². The molecule has 3 nitrogen and oxygen atoms in total. The zero-order chi connectivity index (χ0) is 11.5. The summed E-state index contributed by atoms with van der Waals surface area (Å²) in [5.74, 6) is -1.10. The van der Waals surface area contributed by atoms with Crippen LogP contribution < -0.4 is 0 Å². The lowest BCUT2D eigenvalue weighted by molar-refractivity contribution is -0.125. The van der Waals surface area contributed by atoms with Crippen LogP contribution in [0.2, 0.25) is 0 Å². The van der Waals surface area contributed by atoms with Gasteiger partial charge >= 0.3 is 6.18 Å². The van der Waals surface area contributed by atoms with E-state index in [1.165, 1.54) is 17.0 Å². The minimum Gasteiger partial charge on any atom is -0.329 e. The molecule has 0 N–H and O–H groups in total. The van der Waals surface area contributed by atoms with E-state index in [2.05, 4.69) is 4.98 Å². The van der Waals surface area contributed by atoms with E-state index in [-0.39, 0.29) is 5.82 Å². The van der Waals surface area contributed by atoms with E-state index in [4.69, 9.17) is 0 Å². The number of carbonyl (C=O) groups excluding carboxylic acids is 1. The van der Waals surface area contributed by atoms with Gasteiger partial charge in [0.2, 0.25) is 5.78 Å². The number of alkyl halides is 3. The van der Waals surface area contributed by atoms with Crippen LogP contribution in [0.25, 0.3) is 0 Å². The van der Waals surface area contributed by atoms with Crippen LogP contribution in [0.15, 0.2) is 12.4 Å². The SMILES string of the molecule is CCCn1ccnc1C(=O)CC(F)(F)F. The molecule has 0 saturated carbocycles. The molecule has 1 rings (SSSR count). The number of carbonyl (C=O) groups is 1. The maximum absolute atomic E-state index is 12.0. The number of Topliss-reactive ketones (excluding diaryl/α,β-unsaturated/α-hetero) is 1. The largest absolute Gasteiger partial charge is 0.396 e. The number of nitrogens with zero attached hydrogens (tertiary/aromatic N) is 2. The zero-order valence-electron chi connectivity index (χ0n) is 8.21. The summed E-state index contributed by atoms with van der Waals surface area (Å²) in [6.07, 6.45) is -2.34.